The summed E-state index contributed by atoms with van der Waals surface area (Å²) in [6.45, 7) is 6.27. The third-order valence-corrected chi connectivity index (χ3v) is 3.72. The molecule has 0 aromatic heterocycles. The summed E-state index contributed by atoms with van der Waals surface area (Å²) in [5, 5.41) is 3.20. The van der Waals surface area contributed by atoms with E-state index in [0.29, 0.717) is 19.0 Å². The van der Waals surface area contributed by atoms with E-state index in [-0.39, 0.29) is 5.75 Å². The normalized spacial score (nSPS) is 12.6. The molecule has 0 atom stereocenters. The lowest BCUT2D eigenvalue weighted by Gasteiger charge is -2.11. The molecular formula is C11H27N3O2S. The van der Waals surface area contributed by atoms with Crippen molar-refractivity contribution in [3.63, 3.8) is 0 Å². The zero-order valence-electron chi connectivity index (χ0n) is 11.5. The Hall–Kier alpha value is -0.170. The van der Waals surface area contributed by atoms with Crippen LogP contribution in [0.15, 0.2) is 0 Å². The van der Waals surface area contributed by atoms with Crippen LogP contribution < -0.4 is 10.0 Å². The monoisotopic (exact) mass is 265 g/mol. The maximum absolute atomic E-state index is 11.6. The molecule has 0 aliphatic carbocycles. The predicted molar refractivity (Wildman–Crippen MR) is 72.7 cm³/mol. The van der Waals surface area contributed by atoms with E-state index >= 15 is 0 Å². The van der Waals surface area contributed by atoms with Crippen LogP contribution in [0.4, 0.5) is 0 Å². The van der Waals surface area contributed by atoms with E-state index in [1.165, 1.54) is 0 Å². The second-order valence-corrected chi connectivity index (χ2v) is 6.76. The van der Waals surface area contributed by atoms with E-state index in [9.17, 15) is 8.42 Å². The molecule has 0 bridgehead atoms. The minimum absolute atomic E-state index is 0.203. The van der Waals surface area contributed by atoms with Gasteiger partial charge in [0, 0.05) is 12.6 Å². The van der Waals surface area contributed by atoms with Crippen LogP contribution in [0.2, 0.25) is 0 Å². The molecule has 0 aromatic rings. The Morgan fingerprint density at radius 1 is 1.12 bits per heavy atom. The van der Waals surface area contributed by atoms with Gasteiger partial charge >= 0.3 is 0 Å². The van der Waals surface area contributed by atoms with Gasteiger partial charge in [0.1, 0.15) is 0 Å². The third-order valence-electron chi connectivity index (χ3n) is 2.25. The summed E-state index contributed by atoms with van der Waals surface area (Å²) in [7, 11) is 0.871. The highest BCUT2D eigenvalue weighted by Crippen LogP contribution is 1.91. The Kier molecular flexibility index (Phi) is 8.77. The summed E-state index contributed by atoms with van der Waals surface area (Å²) in [4.78, 5) is 2.04. The van der Waals surface area contributed by atoms with Crippen molar-refractivity contribution in [2.24, 2.45) is 0 Å². The fraction of sp³-hybridized carbons (Fsp3) is 1.00. The molecule has 0 heterocycles. The molecule has 0 aliphatic heterocycles. The van der Waals surface area contributed by atoms with E-state index in [4.69, 9.17) is 0 Å². The molecule has 17 heavy (non-hydrogen) atoms. The predicted octanol–water partition coefficient (Wildman–Crippen LogP) is 0.246. The second-order valence-electron chi connectivity index (χ2n) is 4.83. The van der Waals surface area contributed by atoms with Crippen LogP contribution in [0, 0.1) is 0 Å². The van der Waals surface area contributed by atoms with Crippen LogP contribution in [-0.4, -0.2) is 58.8 Å². The maximum atomic E-state index is 11.6. The smallest absolute Gasteiger partial charge is 0.211 e. The molecule has 0 saturated carbocycles. The third kappa shape index (κ3) is 12.1. The Morgan fingerprint density at radius 3 is 2.29 bits per heavy atom. The quantitative estimate of drug-likeness (QED) is 0.556. The molecule has 2 N–H and O–H groups in total. The van der Waals surface area contributed by atoms with E-state index < -0.39 is 10.0 Å². The molecule has 0 aliphatic rings. The lowest BCUT2D eigenvalue weighted by molar-refractivity contribution is 0.400. The Labute approximate surface area is 106 Å². The summed E-state index contributed by atoms with van der Waals surface area (Å²) in [5.41, 5.74) is 0. The summed E-state index contributed by atoms with van der Waals surface area (Å²) in [6, 6.07) is 0.408. The molecule has 0 fully saturated rings. The minimum Gasteiger partial charge on any atom is -0.314 e. The molecule has 0 aromatic carbocycles. The largest absolute Gasteiger partial charge is 0.314 e. The maximum Gasteiger partial charge on any atom is 0.211 e. The van der Waals surface area contributed by atoms with Gasteiger partial charge in [0.05, 0.1) is 5.75 Å². The number of hydrogen-bond acceptors (Lipinski definition) is 4. The van der Waals surface area contributed by atoms with Crippen molar-refractivity contribution in [1.82, 2.24) is 14.9 Å². The zero-order valence-corrected chi connectivity index (χ0v) is 12.3. The van der Waals surface area contributed by atoms with Gasteiger partial charge in [-0.1, -0.05) is 13.8 Å². The Morgan fingerprint density at radius 2 is 1.76 bits per heavy atom. The van der Waals surface area contributed by atoms with Crippen molar-refractivity contribution in [2.45, 2.75) is 32.7 Å². The highest BCUT2D eigenvalue weighted by molar-refractivity contribution is 7.89. The first kappa shape index (κ1) is 16.8. The van der Waals surface area contributed by atoms with Gasteiger partial charge in [-0.05, 0) is 40.0 Å². The first-order chi connectivity index (χ1) is 7.83. The fourth-order valence-electron chi connectivity index (χ4n) is 1.35. The van der Waals surface area contributed by atoms with E-state index in [1.54, 1.807) is 0 Å². The highest BCUT2D eigenvalue weighted by Gasteiger charge is 2.08. The van der Waals surface area contributed by atoms with E-state index in [0.717, 1.165) is 19.5 Å². The van der Waals surface area contributed by atoms with Crippen LogP contribution in [0.3, 0.4) is 0 Å². The van der Waals surface area contributed by atoms with Crippen molar-refractivity contribution in [1.29, 1.82) is 0 Å². The van der Waals surface area contributed by atoms with E-state index in [2.05, 4.69) is 10.0 Å². The molecule has 5 nitrogen and oxygen atoms in total. The standard InChI is InChI=1S/C11H27N3O2S/c1-11(2)12-7-6-10-17(15,16)13-8-5-9-14(3)4/h11-13H,5-10H2,1-4H3. The van der Waals surface area contributed by atoms with Gasteiger partial charge in [0.15, 0.2) is 0 Å². The van der Waals surface area contributed by atoms with Crippen LogP contribution in [-0.2, 0) is 10.0 Å². The van der Waals surface area contributed by atoms with Gasteiger partial charge in [-0.3, -0.25) is 0 Å². The number of nitrogens with one attached hydrogen (secondary N) is 2. The topological polar surface area (TPSA) is 61.4 Å². The van der Waals surface area contributed by atoms with Crippen LogP contribution in [0.1, 0.15) is 26.7 Å². The van der Waals surface area contributed by atoms with Crippen LogP contribution in [0.25, 0.3) is 0 Å². The number of sulfonamides is 1. The lowest BCUT2D eigenvalue weighted by atomic mass is 10.4. The van der Waals surface area contributed by atoms with Gasteiger partial charge in [-0.25, -0.2) is 13.1 Å². The molecular weight excluding hydrogens is 238 g/mol. The molecule has 104 valence electrons. The summed E-state index contributed by atoms with van der Waals surface area (Å²) in [6.07, 6.45) is 1.50. The zero-order chi connectivity index (χ0) is 13.3. The first-order valence-corrected chi connectivity index (χ1v) is 7.84. The molecule has 0 spiro atoms. The number of nitrogens with zero attached hydrogens (tertiary/aromatic N) is 1. The van der Waals surface area contributed by atoms with Gasteiger partial charge in [0.25, 0.3) is 0 Å². The van der Waals surface area contributed by atoms with Crippen molar-refractivity contribution < 1.29 is 8.42 Å². The molecule has 6 heteroatoms. The highest BCUT2D eigenvalue weighted by atomic mass is 32.2. The summed E-state index contributed by atoms with van der Waals surface area (Å²) in [5.74, 6) is 0.203. The number of rotatable bonds is 10. The molecule has 0 unspecified atom stereocenters. The molecule has 0 rings (SSSR count). The Balaban J connectivity index is 3.59. The van der Waals surface area contributed by atoms with Crippen molar-refractivity contribution >= 4 is 10.0 Å². The second kappa shape index (κ2) is 8.85. The van der Waals surface area contributed by atoms with Crippen LogP contribution in [0.5, 0.6) is 0 Å². The molecule has 0 radical (unpaired) electrons. The van der Waals surface area contributed by atoms with Crippen LogP contribution >= 0.6 is 0 Å². The van der Waals surface area contributed by atoms with Gasteiger partial charge in [-0.2, -0.15) is 0 Å². The van der Waals surface area contributed by atoms with Gasteiger partial charge in [0.2, 0.25) is 10.0 Å². The Bertz CT molecular complexity index is 254. The average Bonchev–Trinajstić information content (AvgIpc) is 2.19. The fourth-order valence-corrected chi connectivity index (χ4v) is 2.47. The van der Waals surface area contributed by atoms with Gasteiger partial charge in [-0.15, -0.1) is 0 Å². The molecule has 0 saturated heterocycles. The lowest BCUT2D eigenvalue weighted by Crippen LogP contribution is -2.31. The number of hydrogen-bond donors (Lipinski definition) is 2. The van der Waals surface area contributed by atoms with Crippen molar-refractivity contribution in [2.75, 3.05) is 39.5 Å². The first-order valence-electron chi connectivity index (χ1n) is 6.19. The van der Waals surface area contributed by atoms with Crippen molar-refractivity contribution in [3.8, 4) is 0 Å². The van der Waals surface area contributed by atoms with E-state index in [1.807, 2.05) is 32.8 Å². The summed E-state index contributed by atoms with van der Waals surface area (Å²) >= 11 is 0. The average molecular weight is 265 g/mol. The minimum atomic E-state index is -3.09. The van der Waals surface area contributed by atoms with Crippen molar-refractivity contribution in [3.05, 3.63) is 0 Å². The summed E-state index contributed by atoms with van der Waals surface area (Å²) < 4.78 is 25.8. The molecule has 0 amide bonds. The SMILES string of the molecule is CC(C)NCCCS(=O)(=O)NCCCN(C)C. The van der Waals surface area contributed by atoms with Gasteiger partial charge < -0.3 is 10.2 Å².